The van der Waals surface area contributed by atoms with Gasteiger partial charge in [-0.3, -0.25) is 4.55 Å². The van der Waals surface area contributed by atoms with Gasteiger partial charge in [0.25, 0.3) is 10.1 Å². The van der Waals surface area contributed by atoms with Crippen LogP contribution in [0, 0.1) is 11.8 Å². The van der Waals surface area contributed by atoms with Crippen molar-refractivity contribution in [3.8, 4) is 0 Å². The summed E-state index contributed by atoms with van der Waals surface area (Å²) >= 11 is 0. The van der Waals surface area contributed by atoms with E-state index < -0.39 is 50.0 Å². The quantitative estimate of drug-likeness (QED) is 0.0897. The molecule has 1 fully saturated rings. The summed E-state index contributed by atoms with van der Waals surface area (Å²) in [5, 5.41) is 68.0. The molecule has 46 heavy (non-hydrogen) atoms. The molecular weight excluding hydrogens is 647 g/mol. The third kappa shape index (κ3) is 18.9. The second-order valence-corrected chi connectivity index (χ2v) is 10.8. The van der Waals surface area contributed by atoms with Gasteiger partial charge in [-0.2, -0.15) is 8.42 Å². The summed E-state index contributed by atoms with van der Waals surface area (Å²) in [6.07, 6.45) is 4.40. The van der Waals surface area contributed by atoms with Crippen LogP contribution in [0.5, 0.6) is 0 Å². The van der Waals surface area contributed by atoms with Crippen LogP contribution in [0.3, 0.4) is 0 Å². The molecule has 1 aliphatic rings. The Morgan fingerprint density at radius 2 is 0.957 bits per heavy atom. The van der Waals surface area contributed by atoms with Crippen LogP contribution < -0.4 is 0 Å². The van der Waals surface area contributed by atoms with Gasteiger partial charge in [-0.1, -0.05) is 6.07 Å². The van der Waals surface area contributed by atoms with Crippen molar-refractivity contribution in [3.63, 3.8) is 0 Å². The fourth-order valence-corrected chi connectivity index (χ4v) is 4.16. The van der Waals surface area contributed by atoms with E-state index in [1.807, 2.05) is 0 Å². The molecule has 0 heterocycles. The standard InChI is InChI=1S/C8H6O7S.C8H6O4.C8H16O2.C4H10O3.Na/c9-7(10)4-1-5(8(11)12)3-6(2-4)16(13,14)15;9-7(10)5-2-1-3-6(4-5)8(11)12;9-5-7-1-2-8(6-10)4-3-7;5-1-3-7-4-2-6;/h1-3H,(H,9,10)(H,11,12)(H,13,14,15);1-4H,(H,9,10)(H,11,12);7-10H,1-6H2;5-6H,1-4H2;. The fourth-order valence-electron chi connectivity index (χ4n) is 3.61. The largest absolute Gasteiger partial charge is 0.478 e. The molecule has 0 unspecified atom stereocenters. The number of aromatic carboxylic acids is 4. The van der Waals surface area contributed by atoms with Gasteiger partial charge < -0.3 is 45.6 Å². The molecule has 0 aliphatic heterocycles. The summed E-state index contributed by atoms with van der Waals surface area (Å²) in [7, 11) is -4.64. The Morgan fingerprint density at radius 3 is 1.22 bits per heavy atom. The number of hydrogen-bond acceptors (Lipinski definition) is 11. The SMILES string of the molecule is O=C(O)c1cc(C(=O)O)cc(S(=O)(=O)O)c1.O=C(O)c1cccc(C(=O)O)c1.OCC1CCC(CO)CC1.OCCOCCO.[Na]. The number of carboxylic acid groups (broad SMARTS) is 4. The van der Waals surface area contributed by atoms with Gasteiger partial charge in [-0.15, -0.1) is 0 Å². The van der Waals surface area contributed by atoms with E-state index in [2.05, 4.69) is 4.74 Å². The van der Waals surface area contributed by atoms with Crippen LogP contribution in [0.4, 0.5) is 0 Å². The van der Waals surface area contributed by atoms with Gasteiger partial charge in [0.1, 0.15) is 0 Å². The predicted octanol–water partition coefficient (Wildman–Crippen LogP) is 0.797. The van der Waals surface area contributed by atoms with E-state index in [1.165, 1.54) is 18.2 Å². The molecule has 3 rings (SSSR count). The van der Waals surface area contributed by atoms with Crippen LogP contribution in [0.1, 0.15) is 67.1 Å². The summed E-state index contributed by atoms with van der Waals surface area (Å²) in [5.74, 6) is -4.21. The molecule has 1 aliphatic carbocycles. The Balaban J connectivity index is 0. The maximum atomic E-state index is 10.8. The topological polar surface area (TPSA) is 294 Å². The maximum absolute atomic E-state index is 10.8. The van der Waals surface area contributed by atoms with E-state index in [0.29, 0.717) is 50.4 Å². The Bertz CT molecular complexity index is 1260. The van der Waals surface area contributed by atoms with Crippen LogP contribution in [0.25, 0.3) is 0 Å². The molecule has 0 amide bonds. The van der Waals surface area contributed by atoms with Crippen molar-refractivity contribution >= 4 is 63.6 Å². The molecule has 9 N–H and O–H groups in total. The van der Waals surface area contributed by atoms with Gasteiger partial charge in [0.15, 0.2) is 0 Å². The molecule has 0 aromatic heterocycles. The van der Waals surface area contributed by atoms with E-state index in [-0.39, 0.29) is 53.9 Å². The number of carboxylic acids is 4. The zero-order valence-electron chi connectivity index (χ0n) is 25.1. The van der Waals surface area contributed by atoms with E-state index >= 15 is 0 Å². The fraction of sp³-hybridized carbons (Fsp3) is 0.429. The molecular formula is C28H38NaO16S. The number of aliphatic hydroxyl groups is 4. The monoisotopic (exact) mass is 685 g/mol. The van der Waals surface area contributed by atoms with Crippen molar-refractivity contribution in [1.29, 1.82) is 0 Å². The molecule has 18 heteroatoms. The average molecular weight is 686 g/mol. The third-order valence-electron chi connectivity index (χ3n) is 6.01. The van der Waals surface area contributed by atoms with Crippen molar-refractivity contribution in [1.82, 2.24) is 0 Å². The number of benzene rings is 2. The minimum Gasteiger partial charge on any atom is -0.478 e. The first-order valence-corrected chi connectivity index (χ1v) is 14.7. The Morgan fingerprint density at radius 1 is 0.630 bits per heavy atom. The van der Waals surface area contributed by atoms with E-state index in [1.54, 1.807) is 0 Å². The van der Waals surface area contributed by atoms with E-state index in [9.17, 15) is 27.6 Å². The third-order valence-corrected chi connectivity index (χ3v) is 6.84. The summed E-state index contributed by atoms with van der Waals surface area (Å²) in [6, 6.07) is 7.33. The average Bonchev–Trinajstić information content (AvgIpc) is 3.01. The van der Waals surface area contributed by atoms with Gasteiger partial charge >= 0.3 is 23.9 Å². The molecule has 1 saturated carbocycles. The number of hydrogen-bond donors (Lipinski definition) is 9. The van der Waals surface area contributed by atoms with Gasteiger partial charge in [0.2, 0.25) is 0 Å². The molecule has 0 spiro atoms. The summed E-state index contributed by atoms with van der Waals surface area (Å²) in [4.78, 5) is 41.2. The normalized spacial score (nSPS) is 15.2. The van der Waals surface area contributed by atoms with Crippen LogP contribution in [0.2, 0.25) is 0 Å². The second-order valence-electron chi connectivity index (χ2n) is 9.33. The van der Waals surface area contributed by atoms with Crippen molar-refractivity contribution < 1.29 is 77.7 Å². The van der Waals surface area contributed by atoms with Crippen LogP contribution in [-0.2, 0) is 14.9 Å². The Kier molecular flexibility index (Phi) is 23.8. The molecule has 253 valence electrons. The van der Waals surface area contributed by atoms with Crippen molar-refractivity contribution in [2.24, 2.45) is 11.8 Å². The molecule has 2 aromatic rings. The first kappa shape index (κ1) is 45.2. The smallest absolute Gasteiger partial charge is 0.335 e. The minimum absolute atomic E-state index is 0. The van der Waals surface area contributed by atoms with Gasteiger partial charge in [-0.25, -0.2) is 19.2 Å². The maximum Gasteiger partial charge on any atom is 0.335 e. The van der Waals surface area contributed by atoms with Crippen molar-refractivity contribution in [2.45, 2.75) is 30.6 Å². The second kappa shape index (κ2) is 24.2. The molecule has 0 atom stereocenters. The molecule has 2 aromatic carbocycles. The first-order chi connectivity index (χ1) is 21.1. The first-order valence-electron chi connectivity index (χ1n) is 13.3. The zero-order valence-corrected chi connectivity index (χ0v) is 27.9. The van der Waals surface area contributed by atoms with Crippen molar-refractivity contribution in [3.05, 3.63) is 64.7 Å². The van der Waals surface area contributed by atoms with Gasteiger partial charge in [0, 0.05) is 42.8 Å². The number of aliphatic hydroxyl groups excluding tert-OH is 4. The van der Waals surface area contributed by atoms with Crippen LogP contribution in [-0.4, -0.2) is 147 Å². The van der Waals surface area contributed by atoms with E-state index in [4.69, 9.17) is 45.4 Å². The predicted molar refractivity (Wildman–Crippen MR) is 161 cm³/mol. The number of ether oxygens (including phenoxy) is 1. The summed E-state index contributed by atoms with van der Waals surface area (Å²) in [6.45, 7) is 1.36. The van der Waals surface area contributed by atoms with Crippen molar-refractivity contribution in [2.75, 3.05) is 39.6 Å². The van der Waals surface area contributed by atoms with Gasteiger partial charge in [-0.05, 0) is 73.9 Å². The van der Waals surface area contributed by atoms with Crippen LogP contribution >= 0.6 is 0 Å². The minimum atomic E-state index is -4.64. The summed E-state index contributed by atoms with van der Waals surface area (Å²) in [5.41, 5.74) is -1.11. The molecule has 0 bridgehead atoms. The van der Waals surface area contributed by atoms with E-state index in [0.717, 1.165) is 37.8 Å². The molecule has 16 nitrogen and oxygen atoms in total. The molecule has 0 saturated heterocycles. The molecule has 1 radical (unpaired) electrons. The van der Waals surface area contributed by atoms with Crippen LogP contribution in [0.15, 0.2) is 47.4 Å². The Labute approximate surface area is 286 Å². The zero-order chi connectivity index (χ0) is 34.6. The Hall–Kier alpha value is -2.97. The van der Waals surface area contributed by atoms with Gasteiger partial charge in [0.05, 0.1) is 53.6 Å². The number of carbonyl (C=O) groups is 4. The summed E-state index contributed by atoms with van der Waals surface area (Å²) < 4.78 is 34.8. The number of rotatable bonds is 11.